The van der Waals surface area contributed by atoms with E-state index < -0.39 is 15.9 Å². The van der Waals surface area contributed by atoms with Gasteiger partial charge in [0.1, 0.15) is 15.9 Å². The van der Waals surface area contributed by atoms with Gasteiger partial charge in [-0.2, -0.15) is 0 Å². The van der Waals surface area contributed by atoms with Crippen LogP contribution in [0, 0.1) is 11.6 Å². The quantitative estimate of drug-likeness (QED) is 0.659. The van der Waals surface area contributed by atoms with Crippen molar-refractivity contribution in [2.24, 2.45) is 0 Å². The third-order valence-electron chi connectivity index (χ3n) is 1.19. The van der Waals surface area contributed by atoms with Gasteiger partial charge in [0.05, 0.1) is 0 Å². The molecule has 11 heavy (non-hydrogen) atoms. The van der Waals surface area contributed by atoms with Gasteiger partial charge < -0.3 is 0 Å². The zero-order valence-corrected chi connectivity index (χ0v) is 7.66. The van der Waals surface area contributed by atoms with Crippen molar-refractivity contribution in [1.29, 1.82) is 0 Å². The lowest BCUT2D eigenvalue weighted by Gasteiger charge is -2.02. The van der Waals surface area contributed by atoms with E-state index in [2.05, 4.69) is 15.9 Å². The topological polar surface area (TPSA) is 0 Å². The number of halogens is 4. The van der Waals surface area contributed by atoms with E-state index in [4.69, 9.17) is 11.6 Å². The molecule has 0 radical (unpaired) electrons. The summed E-state index contributed by atoms with van der Waals surface area (Å²) in [4.78, 5) is 0. The lowest BCUT2D eigenvalue weighted by Crippen LogP contribution is -1.89. The van der Waals surface area contributed by atoms with Gasteiger partial charge in [0.2, 0.25) is 0 Å². The van der Waals surface area contributed by atoms with E-state index in [0.717, 1.165) is 18.2 Å². The molecule has 4 heteroatoms. The molecule has 0 nitrogen and oxygen atoms in total. The summed E-state index contributed by atoms with van der Waals surface area (Å²) in [6, 6.07) is 3.15. The maximum Gasteiger partial charge on any atom is 0.128 e. The third kappa shape index (κ3) is 2.14. The molecule has 0 saturated carbocycles. The maximum absolute atomic E-state index is 12.7. The fourth-order valence-corrected chi connectivity index (χ4v) is 1.20. The van der Waals surface area contributed by atoms with E-state index in [9.17, 15) is 8.78 Å². The van der Waals surface area contributed by atoms with E-state index in [1.165, 1.54) is 0 Å². The summed E-state index contributed by atoms with van der Waals surface area (Å²) in [6.07, 6.45) is 0. The Balaban J connectivity index is 3.13. The largest absolute Gasteiger partial charge is 0.207 e. The molecule has 0 amide bonds. The van der Waals surface area contributed by atoms with Crippen LogP contribution in [-0.4, -0.2) is 0 Å². The van der Waals surface area contributed by atoms with Crippen molar-refractivity contribution in [3.05, 3.63) is 35.4 Å². The van der Waals surface area contributed by atoms with Crippen molar-refractivity contribution in [2.45, 2.75) is 4.29 Å². The van der Waals surface area contributed by atoms with Crippen LogP contribution in [0.2, 0.25) is 0 Å². The Morgan fingerprint density at radius 2 is 2.00 bits per heavy atom. The minimum atomic E-state index is -0.682. The number of hydrogen-bond donors (Lipinski definition) is 0. The van der Waals surface area contributed by atoms with Crippen molar-refractivity contribution in [2.75, 3.05) is 0 Å². The van der Waals surface area contributed by atoms with Crippen LogP contribution in [0.3, 0.4) is 0 Å². The molecule has 0 spiro atoms. The molecule has 0 aliphatic rings. The highest BCUT2D eigenvalue weighted by Gasteiger charge is 2.09. The zero-order valence-electron chi connectivity index (χ0n) is 5.32. The Hall–Kier alpha value is -0.150. The summed E-state index contributed by atoms with van der Waals surface area (Å²) < 4.78 is 24.5. The predicted molar refractivity (Wildman–Crippen MR) is 43.9 cm³/mol. The van der Waals surface area contributed by atoms with E-state index in [1.54, 1.807) is 0 Å². The SMILES string of the molecule is Fc1ccc(F)c(C(Cl)Br)c1. The molecule has 1 aromatic rings. The predicted octanol–water partition coefficient (Wildman–Crippen LogP) is 3.60. The number of rotatable bonds is 1. The van der Waals surface area contributed by atoms with Crippen LogP contribution in [0.5, 0.6) is 0 Å². The fraction of sp³-hybridized carbons (Fsp3) is 0.143. The summed E-state index contributed by atoms with van der Waals surface area (Å²) in [5, 5.41) is 0. The first kappa shape index (κ1) is 8.94. The molecule has 0 aliphatic carbocycles. The van der Waals surface area contributed by atoms with E-state index in [-0.39, 0.29) is 5.56 Å². The summed E-state index contributed by atoms with van der Waals surface area (Å²) in [5.74, 6) is -1.00. The smallest absolute Gasteiger partial charge is 0.128 e. The standard InChI is InChI=1S/C7H4BrClF2/c8-7(9)5-3-4(10)1-2-6(5)11/h1-3,7H. The molecule has 1 rings (SSSR count). The van der Waals surface area contributed by atoms with Gasteiger partial charge in [-0.15, -0.1) is 11.6 Å². The Morgan fingerprint density at radius 1 is 1.36 bits per heavy atom. The second-order valence-corrected chi connectivity index (χ2v) is 3.85. The summed E-state index contributed by atoms with van der Waals surface area (Å²) in [5.41, 5.74) is 0.117. The van der Waals surface area contributed by atoms with Crippen LogP contribution in [0.1, 0.15) is 9.85 Å². The van der Waals surface area contributed by atoms with E-state index in [0.29, 0.717) is 0 Å². The normalized spacial score (nSPS) is 13.1. The van der Waals surface area contributed by atoms with Crippen molar-refractivity contribution >= 4 is 27.5 Å². The van der Waals surface area contributed by atoms with Crippen LogP contribution in [-0.2, 0) is 0 Å². The molecule has 0 aliphatic heterocycles. The molecule has 0 fully saturated rings. The number of benzene rings is 1. The second-order valence-electron chi connectivity index (χ2n) is 1.97. The first-order valence-corrected chi connectivity index (χ1v) is 4.19. The van der Waals surface area contributed by atoms with Crippen LogP contribution >= 0.6 is 27.5 Å². The molecule has 1 unspecified atom stereocenters. The Kier molecular flexibility index (Phi) is 2.84. The van der Waals surface area contributed by atoms with Gasteiger partial charge in [-0.1, -0.05) is 15.9 Å². The molecule has 60 valence electrons. The van der Waals surface area contributed by atoms with Gasteiger partial charge in [-0.05, 0) is 18.2 Å². The Bertz CT molecular complexity index is 263. The van der Waals surface area contributed by atoms with Crippen molar-refractivity contribution in [3.63, 3.8) is 0 Å². The van der Waals surface area contributed by atoms with Crippen molar-refractivity contribution in [3.8, 4) is 0 Å². The van der Waals surface area contributed by atoms with Gasteiger partial charge in [-0.25, -0.2) is 8.78 Å². The van der Waals surface area contributed by atoms with Crippen LogP contribution in [0.25, 0.3) is 0 Å². The van der Waals surface area contributed by atoms with Crippen LogP contribution < -0.4 is 0 Å². The average Bonchev–Trinajstić information content (AvgIpc) is 1.94. The van der Waals surface area contributed by atoms with Crippen molar-refractivity contribution < 1.29 is 8.78 Å². The summed E-state index contributed by atoms with van der Waals surface area (Å²) in [7, 11) is 0. The molecule has 0 N–H and O–H groups in total. The number of alkyl halides is 2. The minimum Gasteiger partial charge on any atom is -0.207 e. The molecule has 0 bridgehead atoms. The second kappa shape index (κ2) is 3.50. The molecule has 1 atom stereocenters. The highest BCUT2D eigenvalue weighted by Crippen LogP contribution is 2.29. The summed E-state index contributed by atoms with van der Waals surface area (Å²) in [6.45, 7) is 0. The zero-order chi connectivity index (χ0) is 8.43. The van der Waals surface area contributed by atoms with Gasteiger partial charge in [0, 0.05) is 5.56 Å². The third-order valence-corrected chi connectivity index (χ3v) is 1.92. The highest BCUT2D eigenvalue weighted by atomic mass is 79.9. The number of hydrogen-bond acceptors (Lipinski definition) is 0. The molecular weight excluding hydrogens is 237 g/mol. The van der Waals surface area contributed by atoms with Crippen LogP contribution in [0.15, 0.2) is 18.2 Å². The molecule has 0 saturated heterocycles. The van der Waals surface area contributed by atoms with Gasteiger partial charge in [0.25, 0.3) is 0 Å². The first-order chi connectivity index (χ1) is 5.11. The van der Waals surface area contributed by atoms with Crippen LogP contribution in [0.4, 0.5) is 8.78 Å². The average molecular weight is 241 g/mol. The molecule has 0 heterocycles. The lowest BCUT2D eigenvalue weighted by molar-refractivity contribution is 0.591. The summed E-state index contributed by atoms with van der Waals surface area (Å²) >= 11 is 8.42. The maximum atomic E-state index is 12.7. The molecule has 1 aromatic carbocycles. The van der Waals surface area contributed by atoms with E-state index >= 15 is 0 Å². The fourth-order valence-electron chi connectivity index (χ4n) is 0.682. The van der Waals surface area contributed by atoms with Gasteiger partial charge in [-0.3, -0.25) is 0 Å². The first-order valence-electron chi connectivity index (χ1n) is 2.84. The van der Waals surface area contributed by atoms with Gasteiger partial charge in [0.15, 0.2) is 0 Å². The highest BCUT2D eigenvalue weighted by molar-refractivity contribution is 9.09. The minimum absolute atomic E-state index is 0.117. The van der Waals surface area contributed by atoms with Crippen molar-refractivity contribution in [1.82, 2.24) is 0 Å². The molecular formula is C7H4BrClF2. The lowest BCUT2D eigenvalue weighted by atomic mass is 10.2. The monoisotopic (exact) mass is 240 g/mol. The Labute approximate surface area is 76.3 Å². The van der Waals surface area contributed by atoms with Gasteiger partial charge >= 0.3 is 0 Å². The van der Waals surface area contributed by atoms with E-state index in [1.807, 2.05) is 0 Å². The molecule has 0 aromatic heterocycles. The Morgan fingerprint density at radius 3 is 2.45 bits per heavy atom.